The average Bonchev–Trinajstić information content (AvgIpc) is 3.16. The summed E-state index contributed by atoms with van der Waals surface area (Å²) in [6.07, 6.45) is -2.10. The van der Waals surface area contributed by atoms with Crippen LogP contribution in [0.4, 0.5) is 24.8 Å². The monoisotopic (exact) mass is 288 g/mol. The van der Waals surface area contributed by atoms with Crippen molar-refractivity contribution < 1.29 is 13.2 Å². The van der Waals surface area contributed by atoms with Crippen LogP contribution in [0.1, 0.15) is 49.4 Å². The topological polar surface area (TPSA) is 63.8 Å². The lowest BCUT2D eigenvalue weighted by atomic mass is 10.2. The van der Waals surface area contributed by atoms with Gasteiger partial charge >= 0.3 is 6.18 Å². The maximum atomic E-state index is 12.0. The molecule has 112 valence electrons. The van der Waals surface area contributed by atoms with E-state index >= 15 is 0 Å². The highest BCUT2D eigenvalue weighted by molar-refractivity contribution is 5.55. The van der Waals surface area contributed by atoms with Crippen molar-refractivity contribution in [2.75, 3.05) is 17.6 Å². The number of anilines is 2. The lowest BCUT2D eigenvalue weighted by molar-refractivity contribution is -0.135. The SMILES string of the molecule is Cc1c(N)nc(C2CC2)nc1NCCCCC(F)(F)F. The van der Waals surface area contributed by atoms with E-state index in [1.807, 2.05) is 6.92 Å². The molecular formula is C13H19F3N4. The smallest absolute Gasteiger partial charge is 0.383 e. The van der Waals surface area contributed by atoms with Crippen LogP contribution in [-0.4, -0.2) is 22.7 Å². The van der Waals surface area contributed by atoms with Crippen molar-refractivity contribution >= 4 is 11.6 Å². The summed E-state index contributed by atoms with van der Waals surface area (Å²) in [6, 6.07) is 0. The predicted molar refractivity (Wildman–Crippen MR) is 71.6 cm³/mol. The Balaban J connectivity index is 1.86. The number of aromatic nitrogens is 2. The van der Waals surface area contributed by atoms with Crippen LogP contribution in [0.25, 0.3) is 0 Å². The molecule has 1 heterocycles. The third-order valence-electron chi connectivity index (χ3n) is 3.32. The Kier molecular flexibility index (Phi) is 4.35. The summed E-state index contributed by atoms with van der Waals surface area (Å²) >= 11 is 0. The van der Waals surface area contributed by atoms with E-state index in [1.165, 1.54) is 0 Å². The van der Waals surface area contributed by atoms with Gasteiger partial charge in [-0.1, -0.05) is 0 Å². The highest BCUT2D eigenvalue weighted by Crippen LogP contribution is 2.39. The Labute approximate surface area is 116 Å². The van der Waals surface area contributed by atoms with Crippen LogP contribution in [0, 0.1) is 6.92 Å². The molecule has 1 aromatic heterocycles. The van der Waals surface area contributed by atoms with E-state index in [2.05, 4.69) is 15.3 Å². The third-order valence-corrected chi connectivity index (χ3v) is 3.32. The molecule has 0 aromatic carbocycles. The molecule has 20 heavy (non-hydrogen) atoms. The molecule has 1 saturated carbocycles. The first kappa shape index (κ1) is 14.9. The fourth-order valence-corrected chi connectivity index (χ4v) is 1.91. The lowest BCUT2D eigenvalue weighted by Gasteiger charge is -2.12. The van der Waals surface area contributed by atoms with Gasteiger partial charge in [-0.05, 0) is 32.6 Å². The van der Waals surface area contributed by atoms with Crippen LogP contribution in [0.3, 0.4) is 0 Å². The van der Waals surface area contributed by atoms with E-state index in [4.69, 9.17) is 5.73 Å². The van der Waals surface area contributed by atoms with E-state index in [0.29, 0.717) is 30.5 Å². The molecule has 0 radical (unpaired) electrons. The average molecular weight is 288 g/mol. The number of rotatable bonds is 6. The molecule has 2 rings (SSSR count). The summed E-state index contributed by atoms with van der Waals surface area (Å²) in [5, 5.41) is 3.06. The number of hydrogen-bond acceptors (Lipinski definition) is 4. The molecule has 0 aliphatic heterocycles. The van der Waals surface area contributed by atoms with E-state index in [-0.39, 0.29) is 6.42 Å². The summed E-state index contributed by atoms with van der Waals surface area (Å²) in [6.45, 7) is 2.27. The van der Waals surface area contributed by atoms with Crippen LogP contribution >= 0.6 is 0 Å². The second kappa shape index (κ2) is 5.85. The van der Waals surface area contributed by atoms with Crippen molar-refractivity contribution in [1.82, 2.24) is 9.97 Å². The first-order valence-corrected chi connectivity index (χ1v) is 6.81. The zero-order valence-electron chi connectivity index (χ0n) is 11.4. The van der Waals surface area contributed by atoms with Gasteiger partial charge in [0.1, 0.15) is 17.5 Å². The highest BCUT2D eigenvalue weighted by Gasteiger charge is 2.28. The normalized spacial score (nSPS) is 15.4. The molecule has 0 spiro atoms. The van der Waals surface area contributed by atoms with Crippen molar-refractivity contribution in [1.29, 1.82) is 0 Å². The van der Waals surface area contributed by atoms with Crippen molar-refractivity contribution in [2.45, 2.75) is 51.1 Å². The molecule has 1 aromatic rings. The summed E-state index contributed by atoms with van der Waals surface area (Å²) in [5.41, 5.74) is 6.59. The molecule has 4 nitrogen and oxygen atoms in total. The van der Waals surface area contributed by atoms with E-state index in [0.717, 1.165) is 24.2 Å². The van der Waals surface area contributed by atoms with Gasteiger partial charge in [0.05, 0.1) is 0 Å². The van der Waals surface area contributed by atoms with Gasteiger partial charge in [0, 0.05) is 24.4 Å². The minimum atomic E-state index is -4.07. The third kappa shape index (κ3) is 4.25. The summed E-state index contributed by atoms with van der Waals surface area (Å²) in [7, 11) is 0. The first-order chi connectivity index (χ1) is 9.37. The molecule has 0 saturated heterocycles. The number of halogens is 3. The Hall–Kier alpha value is -1.53. The number of unbranched alkanes of at least 4 members (excludes halogenated alkanes) is 1. The van der Waals surface area contributed by atoms with Crippen LogP contribution in [0.2, 0.25) is 0 Å². The quantitative estimate of drug-likeness (QED) is 0.788. The van der Waals surface area contributed by atoms with Gasteiger partial charge in [-0.15, -0.1) is 0 Å². The Morgan fingerprint density at radius 1 is 1.25 bits per heavy atom. The molecule has 0 unspecified atom stereocenters. The van der Waals surface area contributed by atoms with Gasteiger partial charge in [0.15, 0.2) is 0 Å². The standard InChI is InChI=1S/C13H19F3N4/c1-8-10(17)19-12(9-4-5-9)20-11(8)18-7-3-2-6-13(14,15)16/h9H,2-7H2,1H3,(H3,17,18,19,20). The summed E-state index contributed by atoms with van der Waals surface area (Å²) < 4.78 is 36.0. The fraction of sp³-hybridized carbons (Fsp3) is 0.692. The maximum Gasteiger partial charge on any atom is 0.389 e. The Bertz CT molecular complexity index is 469. The van der Waals surface area contributed by atoms with Gasteiger partial charge in [-0.2, -0.15) is 13.2 Å². The zero-order valence-corrected chi connectivity index (χ0v) is 11.4. The second-order valence-electron chi connectivity index (χ2n) is 5.21. The van der Waals surface area contributed by atoms with E-state index in [9.17, 15) is 13.2 Å². The number of nitrogen functional groups attached to an aromatic ring is 1. The number of hydrogen-bond donors (Lipinski definition) is 2. The molecule has 1 fully saturated rings. The van der Waals surface area contributed by atoms with Crippen molar-refractivity contribution in [3.63, 3.8) is 0 Å². The minimum Gasteiger partial charge on any atom is -0.383 e. The van der Waals surface area contributed by atoms with Crippen LogP contribution in [0.5, 0.6) is 0 Å². The van der Waals surface area contributed by atoms with Gasteiger partial charge in [0.2, 0.25) is 0 Å². The molecule has 0 amide bonds. The Morgan fingerprint density at radius 3 is 2.55 bits per heavy atom. The first-order valence-electron chi connectivity index (χ1n) is 6.81. The maximum absolute atomic E-state index is 12.0. The fourth-order valence-electron chi connectivity index (χ4n) is 1.91. The lowest BCUT2D eigenvalue weighted by Crippen LogP contribution is -2.12. The second-order valence-corrected chi connectivity index (χ2v) is 5.21. The largest absolute Gasteiger partial charge is 0.389 e. The van der Waals surface area contributed by atoms with Crippen LogP contribution in [0.15, 0.2) is 0 Å². The van der Waals surface area contributed by atoms with Gasteiger partial charge in [-0.25, -0.2) is 9.97 Å². The number of alkyl halides is 3. The molecule has 0 atom stereocenters. The van der Waals surface area contributed by atoms with Gasteiger partial charge in [0.25, 0.3) is 0 Å². The van der Waals surface area contributed by atoms with E-state index in [1.54, 1.807) is 0 Å². The van der Waals surface area contributed by atoms with Crippen molar-refractivity contribution in [3.05, 3.63) is 11.4 Å². The molecule has 1 aliphatic carbocycles. The summed E-state index contributed by atoms with van der Waals surface area (Å²) in [4.78, 5) is 8.67. The van der Waals surface area contributed by atoms with Crippen LogP contribution in [-0.2, 0) is 0 Å². The highest BCUT2D eigenvalue weighted by atomic mass is 19.4. The molecule has 1 aliphatic rings. The number of nitrogens with two attached hydrogens (primary N) is 1. The molecular weight excluding hydrogens is 269 g/mol. The van der Waals surface area contributed by atoms with Crippen LogP contribution < -0.4 is 11.1 Å². The molecule has 7 heteroatoms. The van der Waals surface area contributed by atoms with Gasteiger partial charge < -0.3 is 11.1 Å². The van der Waals surface area contributed by atoms with Gasteiger partial charge in [-0.3, -0.25) is 0 Å². The minimum absolute atomic E-state index is 0.117. The Morgan fingerprint density at radius 2 is 1.95 bits per heavy atom. The van der Waals surface area contributed by atoms with E-state index < -0.39 is 12.6 Å². The predicted octanol–water partition coefficient (Wildman–Crippen LogP) is 3.39. The summed E-state index contributed by atoms with van der Waals surface area (Å²) in [5.74, 6) is 2.22. The zero-order chi connectivity index (χ0) is 14.8. The van der Waals surface area contributed by atoms with Crippen molar-refractivity contribution in [3.8, 4) is 0 Å². The molecule has 3 N–H and O–H groups in total. The molecule has 0 bridgehead atoms. The number of nitrogens with zero attached hydrogens (tertiary/aromatic N) is 2. The van der Waals surface area contributed by atoms with Crippen molar-refractivity contribution in [2.24, 2.45) is 0 Å². The number of nitrogens with one attached hydrogen (secondary N) is 1.